The SMILES string of the molecule is CN(C)c1ccc2oc(C(=O)N[C@H](CCN3CCC(C(=O)NC(C)(C)C)(C4CCCCC4)CC3)Cc3ccc(Cl)cc3)cc(=O)c2c1. The molecule has 3 aromatic rings. The van der Waals surface area contributed by atoms with Crippen LogP contribution in [-0.4, -0.2) is 62.0 Å². The van der Waals surface area contributed by atoms with Gasteiger partial charge in [-0.15, -0.1) is 0 Å². The van der Waals surface area contributed by atoms with E-state index in [0.29, 0.717) is 34.8 Å². The molecule has 1 atom stereocenters. The van der Waals surface area contributed by atoms with Crippen LogP contribution in [0.5, 0.6) is 0 Å². The number of nitrogens with zero attached hydrogens (tertiary/aromatic N) is 2. The van der Waals surface area contributed by atoms with Crippen molar-refractivity contribution in [1.82, 2.24) is 15.5 Å². The van der Waals surface area contributed by atoms with Gasteiger partial charge in [-0.25, -0.2) is 0 Å². The second kappa shape index (κ2) is 14.8. The summed E-state index contributed by atoms with van der Waals surface area (Å²) < 4.78 is 5.94. The Kier molecular flexibility index (Phi) is 11.0. The molecule has 8 nitrogen and oxygen atoms in total. The van der Waals surface area contributed by atoms with E-state index in [9.17, 15) is 14.4 Å². The predicted octanol–water partition coefficient (Wildman–Crippen LogP) is 6.82. The molecule has 0 radical (unpaired) electrons. The van der Waals surface area contributed by atoms with Crippen molar-refractivity contribution >= 4 is 40.1 Å². The molecule has 47 heavy (non-hydrogen) atoms. The Hall–Kier alpha value is -3.36. The van der Waals surface area contributed by atoms with Crippen molar-refractivity contribution in [2.75, 3.05) is 38.6 Å². The highest BCUT2D eigenvalue weighted by Crippen LogP contribution is 2.46. The second-order valence-electron chi connectivity index (χ2n) is 14.9. The summed E-state index contributed by atoms with van der Waals surface area (Å²) in [4.78, 5) is 44.7. The average Bonchev–Trinajstić information content (AvgIpc) is 3.04. The first-order chi connectivity index (χ1) is 22.3. The van der Waals surface area contributed by atoms with Crippen LogP contribution >= 0.6 is 11.6 Å². The van der Waals surface area contributed by atoms with E-state index < -0.39 is 5.91 Å². The average molecular weight is 663 g/mol. The van der Waals surface area contributed by atoms with E-state index in [0.717, 1.165) is 56.6 Å². The molecule has 0 spiro atoms. The zero-order valence-corrected chi connectivity index (χ0v) is 29.4. The van der Waals surface area contributed by atoms with Gasteiger partial charge in [-0.05, 0) is 114 Å². The molecular weight excluding hydrogens is 612 g/mol. The molecule has 1 saturated heterocycles. The lowest BCUT2D eigenvalue weighted by atomic mass is 9.63. The zero-order chi connectivity index (χ0) is 33.8. The fourth-order valence-corrected chi connectivity index (χ4v) is 7.50. The highest BCUT2D eigenvalue weighted by molar-refractivity contribution is 6.30. The summed E-state index contributed by atoms with van der Waals surface area (Å²) in [7, 11) is 3.82. The number of carbonyl (C=O) groups excluding carboxylic acids is 2. The molecule has 2 fully saturated rings. The highest BCUT2D eigenvalue weighted by atomic mass is 35.5. The summed E-state index contributed by atoms with van der Waals surface area (Å²) in [5.41, 5.74) is 1.50. The number of anilines is 1. The molecule has 2 heterocycles. The van der Waals surface area contributed by atoms with Gasteiger partial charge in [-0.3, -0.25) is 14.4 Å². The number of likely N-dealkylation sites (tertiary alicyclic amines) is 1. The third-order valence-electron chi connectivity index (χ3n) is 10.1. The molecule has 2 N–H and O–H groups in total. The third-order valence-corrected chi connectivity index (χ3v) is 10.3. The smallest absolute Gasteiger partial charge is 0.287 e. The summed E-state index contributed by atoms with van der Waals surface area (Å²) in [6, 6.07) is 14.1. The molecule has 1 aliphatic carbocycles. The Morgan fingerprint density at radius 1 is 1.02 bits per heavy atom. The number of benzene rings is 2. The van der Waals surface area contributed by atoms with Crippen molar-refractivity contribution in [3.63, 3.8) is 0 Å². The summed E-state index contributed by atoms with van der Waals surface area (Å²) >= 11 is 6.15. The molecular formula is C38H51ClN4O4. The standard InChI is InChI=1S/C38H51ClN4O4/c1-37(2,3)41-36(46)38(27-9-7-6-8-10-27)18-21-43(22-19-38)20-17-29(23-26-11-13-28(39)14-12-26)40-35(45)34-25-32(44)31-24-30(42(4)5)15-16-33(31)47-34/h11-16,24-25,27,29H,6-10,17-23H2,1-5H3,(H,40,45)(H,41,46)/t29-/m1/s1. The summed E-state index contributed by atoms with van der Waals surface area (Å²) in [6.45, 7) is 8.68. The van der Waals surface area contributed by atoms with Gasteiger partial charge in [0, 0.05) is 49.0 Å². The molecule has 2 aliphatic rings. The number of nitrogens with one attached hydrogen (secondary N) is 2. The first-order valence-electron chi connectivity index (χ1n) is 17.2. The second-order valence-corrected chi connectivity index (χ2v) is 15.3. The van der Waals surface area contributed by atoms with E-state index in [1.807, 2.05) is 49.3 Å². The molecule has 1 aliphatic heterocycles. The van der Waals surface area contributed by atoms with Gasteiger partial charge in [0.2, 0.25) is 5.91 Å². The van der Waals surface area contributed by atoms with E-state index in [4.69, 9.17) is 16.0 Å². The van der Waals surface area contributed by atoms with Crippen LogP contribution in [0.4, 0.5) is 5.69 Å². The van der Waals surface area contributed by atoms with Crippen molar-refractivity contribution in [3.05, 3.63) is 75.1 Å². The molecule has 2 amide bonds. The summed E-state index contributed by atoms with van der Waals surface area (Å²) in [6.07, 6.45) is 8.98. The number of rotatable bonds is 10. The molecule has 5 rings (SSSR count). The Bertz CT molecular complexity index is 1600. The van der Waals surface area contributed by atoms with Crippen LogP contribution in [-0.2, 0) is 11.2 Å². The first-order valence-corrected chi connectivity index (χ1v) is 17.6. The van der Waals surface area contributed by atoms with Crippen molar-refractivity contribution in [1.29, 1.82) is 0 Å². The summed E-state index contributed by atoms with van der Waals surface area (Å²) in [5.74, 6) is 0.248. The number of fused-ring (bicyclic) bond motifs is 1. The number of halogens is 1. The van der Waals surface area contributed by atoms with Gasteiger partial charge in [0.1, 0.15) is 5.58 Å². The van der Waals surface area contributed by atoms with E-state index in [-0.39, 0.29) is 34.1 Å². The highest BCUT2D eigenvalue weighted by Gasteiger charge is 2.48. The van der Waals surface area contributed by atoms with Crippen LogP contribution in [0.25, 0.3) is 11.0 Å². The number of hydrogen-bond donors (Lipinski definition) is 2. The Morgan fingerprint density at radius 3 is 2.34 bits per heavy atom. The molecule has 9 heteroatoms. The van der Waals surface area contributed by atoms with Gasteiger partial charge >= 0.3 is 0 Å². The minimum absolute atomic E-state index is 0.00121. The topological polar surface area (TPSA) is 94.9 Å². The fraction of sp³-hybridized carbons (Fsp3) is 0.553. The van der Waals surface area contributed by atoms with Gasteiger partial charge in [0.25, 0.3) is 5.91 Å². The number of amides is 2. The van der Waals surface area contributed by atoms with Crippen LogP contribution in [0.15, 0.2) is 57.7 Å². The maximum absolute atomic E-state index is 13.8. The van der Waals surface area contributed by atoms with Crippen molar-refractivity contribution in [2.45, 2.75) is 90.1 Å². The Balaban J connectivity index is 1.29. The normalized spacial score (nSPS) is 18.1. The minimum atomic E-state index is -0.409. The quantitative estimate of drug-likeness (QED) is 0.247. The lowest BCUT2D eigenvalue weighted by Crippen LogP contribution is -2.56. The summed E-state index contributed by atoms with van der Waals surface area (Å²) in [5, 5.41) is 7.60. The monoisotopic (exact) mass is 662 g/mol. The van der Waals surface area contributed by atoms with Crippen LogP contribution in [0, 0.1) is 11.3 Å². The van der Waals surface area contributed by atoms with Crippen LogP contribution in [0.2, 0.25) is 5.02 Å². The van der Waals surface area contributed by atoms with E-state index in [1.54, 1.807) is 12.1 Å². The van der Waals surface area contributed by atoms with Crippen molar-refractivity contribution in [2.24, 2.45) is 11.3 Å². The van der Waals surface area contributed by atoms with Gasteiger partial charge in [-0.2, -0.15) is 0 Å². The minimum Gasteiger partial charge on any atom is -0.451 e. The first kappa shape index (κ1) is 35.0. The largest absolute Gasteiger partial charge is 0.451 e. The third kappa shape index (κ3) is 8.76. The maximum Gasteiger partial charge on any atom is 0.287 e. The molecule has 254 valence electrons. The van der Waals surface area contributed by atoms with Crippen LogP contribution < -0.4 is 21.0 Å². The maximum atomic E-state index is 13.8. The lowest BCUT2D eigenvalue weighted by molar-refractivity contribution is -0.141. The molecule has 0 bridgehead atoms. The van der Waals surface area contributed by atoms with Gasteiger partial charge in [0.15, 0.2) is 11.2 Å². The van der Waals surface area contributed by atoms with Crippen LogP contribution in [0.3, 0.4) is 0 Å². The Labute approximate surface area is 284 Å². The zero-order valence-electron chi connectivity index (χ0n) is 28.7. The number of hydrogen-bond acceptors (Lipinski definition) is 6. The van der Waals surface area contributed by atoms with Gasteiger partial charge < -0.3 is 24.9 Å². The van der Waals surface area contributed by atoms with Gasteiger partial charge in [0.05, 0.1) is 10.8 Å². The van der Waals surface area contributed by atoms with Gasteiger partial charge in [-0.1, -0.05) is 43.0 Å². The van der Waals surface area contributed by atoms with E-state index in [1.165, 1.54) is 25.3 Å². The fourth-order valence-electron chi connectivity index (χ4n) is 7.38. The lowest BCUT2D eigenvalue weighted by Gasteiger charge is -2.47. The molecule has 2 aromatic carbocycles. The van der Waals surface area contributed by atoms with E-state index >= 15 is 0 Å². The Morgan fingerprint density at radius 2 is 1.70 bits per heavy atom. The predicted molar refractivity (Wildman–Crippen MR) is 190 cm³/mol. The van der Waals surface area contributed by atoms with Crippen LogP contribution in [0.1, 0.15) is 88.3 Å². The molecule has 1 saturated carbocycles. The molecule has 1 aromatic heterocycles. The molecule has 0 unspecified atom stereocenters. The number of piperidine rings is 1. The number of carbonyl (C=O) groups is 2. The van der Waals surface area contributed by atoms with E-state index in [2.05, 4.69) is 36.3 Å². The van der Waals surface area contributed by atoms with Crippen molar-refractivity contribution < 1.29 is 14.0 Å². The van der Waals surface area contributed by atoms with Crippen molar-refractivity contribution in [3.8, 4) is 0 Å².